The van der Waals surface area contributed by atoms with E-state index in [0.29, 0.717) is 0 Å². The second kappa shape index (κ2) is 6.67. The third-order valence-electron chi connectivity index (χ3n) is 4.14. The lowest BCUT2D eigenvalue weighted by Gasteiger charge is -2.32. The topological polar surface area (TPSA) is 24.9 Å². The minimum absolute atomic E-state index is 0.742. The molecule has 2 unspecified atom stereocenters. The van der Waals surface area contributed by atoms with Crippen LogP contribution in [-0.2, 0) is 6.42 Å². The van der Waals surface area contributed by atoms with Gasteiger partial charge >= 0.3 is 0 Å². The second-order valence-electron chi connectivity index (χ2n) is 5.93. The van der Waals surface area contributed by atoms with Gasteiger partial charge in [0.25, 0.3) is 0 Å². The number of hydrogen-bond donors (Lipinski definition) is 1. The molecular formula is C15H26N2S. The Labute approximate surface area is 115 Å². The van der Waals surface area contributed by atoms with E-state index in [9.17, 15) is 0 Å². The molecule has 0 aliphatic heterocycles. The van der Waals surface area contributed by atoms with Gasteiger partial charge in [0.1, 0.15) is 0 Å². The molecule has 102 valence electrons. The van der Waals surface area contributed by atoms with Gasteiger partial charge in [-0.15, -0.1) is 11.3 Å². The number of aromatic nitrogens is 1. The lowest BCUT2D eigenvalue weighted by atomic mass is 9.79. The van der Waals surface area contributed by atoms with E-state index in [1.807, 2.05) is 0 Å². The Morgan fingerprint density at radius 3 is 2.94 bits per heavy atom. The van der Waals surface area contributed by atoms with Crippen LogP contribution in [0.5, 0.6) is 0 Å². The first-order valence-electron chi connectivity index (χ1n) is 7.29. The van der Waals surface area contributed by atoms with E-state index in [1.54, 1.807) is 11.3 Å². The zero-order chi connectivity index (χ0) is 13.0. The number of hydrogen-bond acceptors (Lipinski definition) is 3. The fraction of sp³-hybridized carbons (Fsp3) is 0.800. The molecular weight excluding hydrogens is 240 g/mol. The predicted molar refractivity (Wildman–Crippen MR) is 79.1 cm³/mol. The number of nitrogens with zero attached hydrogens (tertiary/aromatic N) is 1. The van der Waals surface area contributed by atoms with Crippen molar-refractivity contribution in [2.24, 2.45) is 11.8 Å². The largest absolute Gasteiger partial charge is 0.314 e. The lowest BCUT2D eigenvalue weighted by molar-refractivity contribution is 0.232. The maximum atomic E-state index is 4.52. The molecule has 0 bridgehead atoms. The Balaban J connectivity index is 1.70. The van der Waals surface area contributed by atoms with Gasteiger partial charge in [0.2, 0.25) is 0 Å². The summed E-state index contributed by atoms with van der Waals surface area (Å²) in [6, 6.07) is 0.742. The molecule has 1 aliphatic carbocycles. The predicted octanol–water partition coefficient (Wildman–Crippen LogP) is 3.80. The van der Waals surface area contributed by atoms with Crippen LogP contribution in [0.25, 0.3) is 0 Å². The summed E-state index contributed by atoms with van der Waals surface area (Å²) in [6.45, 7) is 7.89. The quantitative estimate of drug-likeness (QED) is 0.877. The van der Waals surface area contributed by atoms with Crippen molar-refractivity contribution in [2.75, 3.05) is 6.54 Å². The van der Waals surface area contributed by atoms with Crippen molar-refractivity contribution in [3.8, 4) is 0 Å². The highest BCUT2D eigenvalue weighted by molar-refractivity contribution is 7.09. The van der Waals surface area contributed by atoms with Crippen LogP contribution in [0.3, 0.4) is 0 Å². The molecule has 0 saturated heterocycles. The average Bonchev–Trinajstić information content (AvgIpc) is 2.75. The maximum absolute atomic E-state index is 4.52. The van der Waals surface area contributed by atoms with Crippen molar-refractivity contribution in [1.82, 2.24) is 10.3 Å². The van der Waals surface area contributed by atoms with E-state index in [0.717, 1.165) is 30.8 Å². The zero-order valence-corrected chi connectivity index (χ0v) is 12.7. The van der Waals surface area contributed by atoms with Gasteiger partial charge in [-0.2, -0.15) is 0 Å². The standard InChI is InChI=1S/C15H26N2S/c1-11(2)13-5-4-6-14(9-13)16-8-7-15-10-18-12(3)17-15/h10-11,13-14,16H,4-9H2,1-3H3. The van der Waals surface area contributed by atoms with Gasteiger partial charge < -0.3 is 5.32 Å². The molecule has 3 heteroatoms. The molecule has 2 atom stereocenters. The molecule has 1 aromatic heterocycles. The molecule has 0 amide bonds. The number of rotatable bonds is 5. The Hall–Kier alpha value is -0.410. The van der Waals surface area contributed by atoms with Crippen molar-refractivity contribution in [3.05, 3.63) is 16.1 Å². The van der Waals surface area contributed by atoms with Crippen LogP contribution in [0.1, 0.15) is 50.2 Å². The number of aryl methyl sites for hydroxylation is 1. The molecule has 1 saturated carbocycles. The van der Waals surface area contributed by atoms with Gasteiger partial charge in [-0.25, -0.2) is 4.98 Å². The smallest absolute Gasteiger partial charge is 0.0897 e. The summed E-state index contributed by atoms with van der Waals surface area (Å²) in [5.41, 5.74) is 1.25. The molecule has 1 fully saturated rings. The number of nitrogens with one attached hydrogen (secondary N) is 1. The average molecular weight is 266 g/mol. The molecule has 1 aromatic rings. The molecule has 2 rings (SSSR count). The third-order valence-corrected chi connectivity index (χ3v) is 4.96. The van der Waals surface area contributed by atoms with Crippen LogP contribution < -0.4 is 5.32 Å². The van der Waals surface area contributed by atoms with Gasteiger partial charge in [0, 0.05) is 24.4 Å². The van der Waals surface area contributed by atoms with E-state index < -0.39 is 0 Å². The van der Waals surface area contributed by atoms with Crippen molar-refractivity contribution in [3.63, 3.8) is 0 Å². The summed E-state index contributed by atoms with van der Waals surface area (Å²) in [5.74, 6) is 1.77. The van der Waals surface area contributed by atoms with E-state index >= 15 is 0 Å². The van der Waals surface area contributed by atoms with Crippen molar-refractivity contribution in [1.29, 1.82) is 0 Å². The van der Waals surface area contributed by atoms with E-state index in [1.165, 1.54) is 36.4 Å². The summed E-state index contributed by atoms with van der Waals surface area (Å²) in [6.07, 6.45) is 6.64. The van der Waals surface area contributed by atoms with Crippen LogP contribution in [0.15, 0.2) is 5.38 Å². The van der Waals surface area contributed by atoms with Crippen LogP contribution in [0.4, 0.5) is 0 Å². The summed E-state index contributed by atoms with van der Waals surface area (Å²) < 4.78 is 0. The normalized spacial score (nSPS) is 24.7. The highest BCUT2D eigenvalue weighted by atomic mass is 32.1. The van der Waals surface area contributed by atoms with Crippen LogP contribution in [-0.4, -0.2) is 17.6 Å². The molecule has 0 aromatic carbocycles. The van der Waals surface area contributed by atoms with Crippen molar-refractivity contribution >= 4 is 11.3 Å². The Morgan fingerprint density at radius 1 is 1.44 bits per heavy atom. The molecule has 1 heterocycles. The first-order valence-corrected chi connectivity index (χ1v) is 8.17. The molecule has 1 aliphatic rings. The summed E-state index contributed by atoms with van der Waals surface area (Å²) >= 11 is 1.76. The Morgan fingerprint density at radius 2 is 2.28 bits per heavy atom. The molecule has 18 heavy (non-hydrogen) atoms. The summed E-state index contributed by atoms with van der Waals surface area (Å²) in [5, 5.41) is 7.10. The highest BCUT2D eigenvalue weighted by Gasteiger charge is 2.23. The SMILES string of the molecule is Cc1nc(CCNC2CCCC(C(C)C)C2)cs1. The van der Waals surface area contributed by atoms with Crippen molar-refractivity contribution < 1.29 is 0 Å². The molecule has 2 nitrogen and oxygen atoms in total. The maximum Gasteiger partial charge on any atom is 0.0897 e. The van der Waals surface area contributed by atoms with Gasteiger partial charge in [0.05, 0.1) is 10.7 Å². The highest BCUT2D eigenvalue weighted by Crippen LogP contribution is 2.29. The minimum Gasteiger partial charge on any atom is -0.314 e. The monoisotopic (exact) mass is 266 g/mol. The molecule has 0 spiro atoms. The first-order chi connectivity index (χ1) is 8.65. The van der Waals surface area contributed by atoms with E-state index in [2.05, 4.69) is 36.5 Å². The molecule has 0 radical (unpaired) electrons. The summed E-state index contributed by atoms with van der Waals surface area (Å²) in [4.78, 5) is 4.52. The fourth-order valence-corrected chi connectivity index (χ4v) is 3.59. The summed E-state index contributed by atoms with van der Waals surface area (Å²) in [7, 11) is 0. The Bertz CT molecular complexity index is 359. The zero-order valence-electron chi connectivity index (χ0n) is 11.9. The van der Waals surface area contributed by atoms with Crippen LogP contribution in [0, 0.1) is 18.8 Å². The van der Waals surface area contributed by atoms with E-state index in [4.69, 9.17) is 0 Å². The fourth-order valence-electron chi connectivity index (χ4n) is 2.95. The van der Waals surface area contributed by atoms with E-state index in [-0.39, 0.29) is 0 Å². The second-order valence-corrected chi connectivity index (χ2v) is 6.99. The van der Waals surface area contributed by atoms with Gasteiger partial charge in [-0.3, -0.25) is 0 Å². The van der Waals surface area contributed by atoms with Crippen molar-refractivity contribution in [2.45, 2.75) is 58.9 Å². The third kappa shape index (κ3) is 4.06. The number of thiazole rings is 1. The van der Waals surface area contributed by atoms with Gasteiger partial charge in [-0.05, 0) is 31.6 Å². The van der Waals surface area contributed by atoms with Gasteiger partial charge in [0.15, 0.2) is 0 Å². The first kappa shape index (κ1) is 14.0. The van der Waals surface area contributed by atoms with Gasteiger partial charge in [-0.1, -0.05) is 26.7 Å². The lowest BCUT2D eigenvalue weighted by Crippen LogP contribution is -2.36. The van der Waals surface area contributed by atoms with Crippen LogP contribution >= 0.6 is 11.3 Å². The molecule has 1 N–H and O–H groups in total. The minimum atomic E-state index is 0.742. The Kier molecular flexibility index (Phi) is 5.19. The van der Waals surface area contributed by atoms with Crippen LogP contribution in [0.2, 0.25) is 0 Å².